The first-order chi connectivity index (χ1) is 12.2. The Balaban J connectivity index is 1.58. The Bertz CT molecular complexity index is 722. The molecule has 0 atom stereocenters. The van der Waals surface area contributed by atoms with Crippen molar-refractivity contribution in [3.63, 3.8) is 0 Å². The maximum Gasteiger partial charge on any atom is 0.251 e. The Labute approximate surface area is 148 Å². The molecule has 1 aliphatic rings. The zero-order chi connectivity index (χ0) is 17.6. The summed E-state index contributed by atoms with van der Waals surface area (Å²) in [6.45, 7) is 4.53. The summed E-state index contributed by atoms with van der Waals surface area (Å²) < 4.78 is 13.0. The molecule has 0 saturated carbocycles. The lowest BCUT2D eigenvalue weighted by Crippen LogP contribution is -2.24. The van der Waals surface area contributed by atoms with E-state index in [1.807, 2.05) is 23.9 Å². The van der Waals surface area contributed by atoms with Gasteiger partial charge >= 0.3 is 0 Å². The van der Waals surface area contributed by atoms with Crippen LogP contribution in [0.1, 0.15) is 47.1 Å². The van der Waals surface area contributed by atoms with E-state index in [9.17, 15) is 4.79 Å². The lowest BCUT2D eigenvalue weighted by molar-refractivity contribution is 0.0947. The molecule has 2 heterocycles. The number of rotatable bonds is 7. The van der Waals surface area contributed by atoms with Crippen molar-refractivity contribution in [1.82, 2.24) is 15.1 Å². The third-order valence-corrected chi connectivity index (χ3v) is 4.39. The molecule has 0 radical (unpaired) electrons. The van der Waals surface area contributed by atoms with Crippen LogP contribution in [0.3, 0.4) is 0 Å². The van der Waals surface area contributed by atoms with Crippen molar-refractivity contribution in [1.29, 1.82) is 0 Å². The van der Waals surface area contributed by atoms with Crippen molar-refractivity contribution >= 4 is 5.91 Å². The highest BCUT2D eigenvalue weighted by Gasteiger charge is 2.20. The minimum Gasteiger partial charge on any atom is -0.494 e. The highest BCUT2D eigenvalue weighted by atomic mass is 16.5. The molecule has 2 aromatic rings. The van der Waals surface area contributed by atoms with Gasteiger partial charge in [0.2, 0.25) is 0 Å². The predicted octanol–water partition coefficient (Wildman–Crippen LogP) is 2.60. The van der Waals surface area contributed by atoms with E-state index in [2.05, 4.69) is 17.3 Å². The summed E-state index contributed by atoms with van der Waals surface area (Å²) in [5.41, 5.74) is 3.80. The Hall–Kier alpha value is -2.34. The standard InChI is InChI=1S/C19H25N3O3/c1-3-4-10-25-15-7-5-14(6-8-15)19(23)20-12-17-16-13-24-11-9-18(16)22(2)21-17/h5-8H,3-4,9-13H2,1-2H3,(H,20,23). The summed E-state index contributed by atoms with van der Waals surface area (Å²) in [6, 6.07) is 7.24. The van der Waals surface area contributed by atoms with Crippen LogP contribution >= 0.6 is 0 Å². The lowest BCUT2D eigenvalue weighted by Gasteiger charge is -2.13. The number of hydrogen-bond donors (Lipinski definition) is 1. The second-order valence-electron chi connectivity index (χ2n) is 6.21. The van der Waals surface area contributed by atoms with Crippen LogP contribution < -0.4 is 10.1 Å². The number of aromatic nitrogens is 2. The van der Waals surface area contributed by atoms with Gasteiger partial charge in [0.15, 0.2) is 0 Å². The fraction of sp³-hybridized carbons (Fsp3) is 0.474. The number of benzene rings is 1. The minimum absolute atomic E-state index is 0.115. The number of amides is 1. The topological polar surface area (TPSA) is 65.4 Å². The normalized spacial score (nSPS) is 13.4. The highest BCUT2D eigenvalue weighted by Crippen LogP contribution is 2.20. The first kappa shape index (κ1) is 17.5. The lowest BCUT2D eigenvalue weighted by atomic mass is 10.1. The first-order valence-electron chi connectivity index (χ1n) is 8.81. The van der Waals surface area contributed by atoms with Crippen molar-refractivity contribution in [2.75, 3.05) is 13.2 Å². The number of carbonyl (C=O) groups is 1. The van der Waals surface area contributed by atoms with Gasteiger partial charge in [0.1, 0.15) is 5.75 Å². The van der Waals surface area contributed by atoms with E-state index in [0.29, 0.717) is 25.3 Å². The van der Waals surface area contributed by atoms with Crippen LogP contribution in [-0.2, 0) is 31.4 Å². The van der Waals surface area contributed by atoms with Gasteiger partial charge in [-0.05, 0) is 30.7 Å². The molecule has 0 unspecified atom stereocenters. The molecule has 1 N–H and O–H groups in total. The van der Waals surface area contributed by atoms with Crippen LogP contribution in [0, 0.1) is 0 Å². The minimum atomic E-state index is -0.115. The molecule has 0 bridgehead atoms. The third-order valence-electron chi connectivity index (χ3n) is 4.39. The number of nitrogens with one attached hydrogen (secondary N) is 1. The largest absolute Gasteiger partial charge is 0.494 e. The van der Waals surface area contributed by atoms with Crippen LogP contribution in [0.15, 0.2) is 24.3 Å². The Morgan fingerprint density at radius 2 is 2.16 bits per heavy atom. The quantitative estimate of drug-likeness (QED) is 0.785. The molecule has 0 spiro atoms. The average Bonchev–Trinajstić information content (AvgIpc) is 2.97. The van der Waals surface area contributed by atoms with Crippen LogP contribution in [0.4, 0.5) is 0 Å². The zero-order valence-corrected chi connectivity index (χ0v) is 14.9. The molecule has 3 rings (SSSR count). The van der Waals surface area contributed by atoms with Crippen LogP contribution in [0.5, 0.6) is 5.75 Å². The van der Waals surface area contributed by atoms with Crippen LogP contribution in [0.25, 0.3) is 0 Å². The molecule has 6 heteroatoms. The van der Waals surface area contributed by atoms with Crippen molar-refractivity contribution < 1.29 is 14.3 Å². The van der Waals surface area contributed by atoms with E-state index < -0.39 is 0 Å². The maximum atomic E-state index is 12.3. The van der Waals surface area contributed by atoms with Crippen LogP contribution in [0.2, 0.25) is 0 Å². The number of aryl methyl sites for hydroxylation is 1. The third kappa shape index (κ3) is 4.20. The molecule has 1 aromatic carbocycles. The summed E-state index contributed by atoms with van der Waals surface area (Å²) >= 11 is 0. The molecule has 25 heavy (non-hydrogen) atoms. The number of ether oxygens (including phenoxy) is 2. The van der Waals surface area contributed by atoms with E-state index in [1.165, 1.54) is 5.69 Å². The van der Waals surface area contributed by atoms with Gasteiger partial charge < -0.3 is 14.8 Å². The van der Waals surface area contributed by atoms with Crippen molar-refractivity contribution in [3.8, 4) is 5.75 Å². The second-order valence-corrected chi connectivity index (χ2v) is 6.21. The smallest absolute Gasteiger partial charge is 0.251 e. The predicted molar refractivity (Wildman–Crippen MR) is 94.6 cm³/mol. The van der Waals surface area contributed by atoms with Gasteiger partial charge in [-0.3, -0.25) is 9.48 Å². The summed E-state index contributed by atoms with van der Waals surface area (Å²) in [5, 5.41) is 7.46. The average molecular weight is 343 g/mol. The van der Waals surface area contributed by atoms with Gasteiger partial charge in [-0.15, -0.1) is 0 Å². The fourth-order valence-electron chi connectivity index (χ4n) is 2.93. The molecule has 134 valence electrons. The van der Waals surface area contributed by atoms with E-state index in [4.69, 9.17) is 9.47 Å². The number of fused-ring (bicyclic) bond motifs is 1. The molecule has 6 nitrogen and oxygen atoms in total. The number of hydrogen-bond acceptors (Lipinski definition) is 4. The van der Waals surface area contributed by atoms with Gasteiger partial charge in [-0.25, -0.2) is 0 Å². The number of unbranched alkanes of at least 4 members (excludes halogenated alkanes) is 1. The molecular formula is C19H25N3O3. The van der Waals surface area contributed by atoms with Crippen molar-refractivity contribution in [3.05, 3.63) is 46.8 Å². The Morgan fingerprint density at radius 1 is 1.36 bits per heavy atom. The first-order valence-corrected chi connectivity index (χ1v) is 8.81. The summed E-state index contributed by atoms with van der Waals surface area (Å²) in [5.74, 6) is 0.678. The maximum absolute atomic E-state index is 12.3. The zero-order valence-electron chi connectivity index (χ0n) is 14.9. The molecule has 1 aliphatic heterocycles. The molecule has 1 amide bonds. The van der Waals surface area contributed by atoms with Crippen molar-refractivity contribution in [2.24, 2.45) is 7.05 Å². The van der Waals surface area contributed by atoms with E-state index in [-0.39, 0.29) is 5.91 Å². The highest BCUT2D eigenvalue weighted by molar-refractivity contribution is 5.94. The summed E-state index contributed by atoms with van der Waals surface area (Å²) in [7, 11) is 1.94. The molecule has 0 saturated heterocycles. The molecular weight excluding hydrogens is 318 g/mol. The fourth-order valence-corrected chi connectivity index (χ4v) is 2.93. The number of nitrogens with zero attached hydrogens (tertiary/aromatic N) is 2. The summed E-state index contributed by atoms with van der Waals surface area (Å²) in [6.07, 6.45) is 3.00. The van der Waals surface area contributed by atoms with Gasteiger partial charge in [-0.1, -0.05) is 13.3 Å². The molecule has 1 aromatic heterocycles. The second kappa shape index (κ2) is 8.16. The van der Waals surface area contributed by atoms with E-state index in [0.717, 1.165) is 42.9 Å². The van der Waals surface area contributed by atoms with Gasteiger partial charge in [0, 0.05) is 30.3 Å². The Morgan fingerprint density at radius 3 is 2.92 bits per heavy atom. The van der Waals surface area contributed by atoms with Gasteiger partial charge in [-0.2, -0.15) is 5.10 Å². The van der Waals surface area contributed by atoms with Gasteiger partial charge in [0.05, 0.1) is 32.1 Å². The molecule has 0 aliphatic carbocycles. The Kier molecular flexibility index (Phi) is 5.71. The van der Waals surface area contributed by atoms with Gasteiger partial charge in [0.25, 0.3) is 5.91 Å². The molecule has 0 fully saturated rings. The monoisotopic (exact) mass is 343 g/mol. The van der Waals surface area contributed by atoms with Crippen LogP contribution in [-0.4, -0.2) is 28.9 Å². The number of carbonyl (C=O) groups excluding carboxylic acids is 1. The summed E-state index contributed by atoms with van der Waals surface area (Å²) in [4.78, 5) is 12.3. The van der Waals surface area contributed by atoms with Crippen molar-refractivity contribution in [2.45, 2.75) is 39.3 Å². The SMILES string of the molecule is CCCCOc1ccc(C(=O)NCc2nn(C)c3c2COCC3)cc1. The van der Waals surface area contributed by atoms with E-state index >= 15 is 0 Å². The van der Waals surface area contributed by atoms with E-state index in [1.54, 1.807) is 12.1 Å².